The number of nitrogens with two attached hydrogens (primary N) is 1. The first-order valence-electron chi connectivity index (χ1n) is 4.73. The Kier molecular flexibility index (Phi) is 2.52. The minimum Gasteiger partial charge on any atom is -0.330 e. The van der Waals surface area contributed by atoms with Gasteiger partial charge >= 0.3 is 0 Å². The first-order chi connectivity index (χ1) is 7.09. The maximum atomic E-state index is 10.9. The molecule has 0 heterocycles. The maximum absolute atomic E-state index is 10.9. The van der Waals surface area contributed by atoms with Gasteiger partial charge in [-0.25, -0.2) is 0 Å². The minimum atomic E-state index is -0.337. The Balaban J connectivity index is 2.51. The summed E-state index contributed by atoms with van der Waals surface area (Å²) in [5, 5.41) is 10.9. The molecule has 15 heavy (non-hydrogen) atoms. The van der Waals surface area contributed by atoms with E-state index < -0.39 is 0 Å². The van der Waals surface area contributed by atoms with Gasteiger partial charge in [-0.15, -0.1) is 0 Å². The molecule has 0 unspecified atom stereocenters. The van der Waals surface area contributed by atoms with Crippen molar-refractivity contribution in [2.75, 3.05) is 6.54 Å². The summed E-state index contributed by atoms with van der Waals surface area (Å²) in [7, 11) is 0. The van der Waals surface area contributed by atoms with E-state index in [0.717, 1.165) is 22.9 Å². The summed E-state index contributed by atoms with van der Waals surface area (Å²) in [5.74, 6) is 0. The van der Waals surface area contributed by atoms with Gasteiger partial charge < -0.3 is 5.73 Å². The number of hydrogen-bond acceptors (Lipinski definition) is 3. The summed E-state index contributed by atoms with van der Waals surface area (Å²) in [6, 6.07) is 5.19. The molecule has 0 saturated heterocycles. The normalized spacial score (nSPS) is 17.5. The van der Waals surface area contributed by atoms with Crippen molar-refractivity contribution in [2.45, 2.75) is 18.3 Å². The second-order valence-electron chi connectivity index (χ2n) is 3.90. The monoisotopic (exact) mass is 270 g/mol. The van der Waals surface area contributed by atoms with E-state index in [1.54, 1.807) is 6.07 Å². The van der Waals surface area contributed by atoms with Crippen LogP contribution in [0.15, 0.2) is 22.7 Å². The van der Waals surface area contributed by atoms with E-state index in [9.17, 15) is 10.1 Å². The molecule has 5 heteroatoms. The van der Waals surface area contributed by atoms with Crippen LogP contribution in [-0.2, 0) is 5.41 Å². The van der Waals surface area contributed by atoms with E-state index in [1.807, 2.05) is 12.1 Å². The fourth-order valence-electron chi connectivity index (χ4n) is 1.84. The largest absolute Gasteiger partial charge is 0.330 e. The molecule has 1 fully saturated rings. The predicted molar refractivity (Wildman–Crippen MR) is 60.8 cm³/mol. The number of benzene rings is 1. The lowest BCUT2D eigenvalue weighted by Gasteiger charge is -2.12. The van der Waals surface area contributed by atoms with Gasteiger partial charge in [-0.05, 0) is 18.9 Å². The van der Waals surface area contributed by atoms with E-state index in [4.69, 9.17) is 5.73 Å². The van der Waals surface area contributed by atoms with Crippen molar-refractivity contribution in [3.8, 4) is 0 Å². The van der Waals surface area contributed by atoms with Crippen LogP contribution in [0, 0.1) is 10.1 Å². The van der Waals surface area contributed by atoms with Gasteiger partial charge in [0, 0.05) is 28.1 Å². The van der Waals surface area contributed by atoms with Crippen molar-refractivity contribution >= 4 is 21.6 Å². The van der Waals surface area contributed by atoms with Crippen LogP contribution >= 0.6 is 15.9 Å². The van der Waals surface area contributed by atoms with Crippen LogP contribution in [0.1, 0.15) is 18.4 Å². The highest BCUT2D eigenvalue weighted by Crippen LogP contribution is 2.50. The van der Waals surface area contributed by atoms with Crippen LogP contribution in [0.5, 0.6) is 0 Å². The molecule has 80 valence electrons. The summed E-state index contributed by atoms with van der Waals surface area (Å²) in [6.45, 7) is 0.482. The molecule has 1 aliphatic rings. The third-order valence-corrected chi connectivity index (χ3v) is 3.47. The maximum Gasteiger partial charge on any atom is 0.274 e. The van der Waals surface area contributed by atoms with Gasteiger partial charge in [0.05, 0.1) is 4.92 Å². The Hall–Kier alpha value is -0.940. The predicted octanol–water partition coefficient (Wildman–Crippen LogP) is 2.35. The van der Waals surface area contributed by atoms with Crippen molar-refractivity contribution in [1.29, 1.82) is 0 Å². The van der Waals surface area contributed by atoms with Crippen LogP contribution in [-0.4, -0.2) is 11.5 Å². The molecule has 0 aliphatic heterocycles. The summed E-state index contributed by atoms with van der Waals surface area (Å²) in [6.07, 6.45) is 1.90. The van der Waals surface area contributed by atoms with Crippen molar-refractivity contribution < 1.29 is 4.92 Å². The summed E-state index contributed by atoms with van der Waals surface area (Å²) < 4.78 is 0.728. The van der Waals surface area contributed by atoms with E-state index in [0.29, 0.717) is 6.54 Å². The summed E-state index contributed by atoms with van der Waals surface area (Å²) >= 11 is 3.24. The lowest BCUT2D eigenvalue weighted by Crippen LogP contribution is -2.20. The second kappa shape index (κ2) is 3.57. The van der Waals surface area contributed by atoms with E-state index in [-0.39, 0.29) is 16.0 Å². The number of nitro groups is 1. The Morgan fingerprint density at radius 3 is 2.67 bits per heavy atom. The standard InChI is InChI=1S/C10H11BrN2O2/c11-7-1-2-8(9(5-7)13(14)15)10(6-12)3-4-10/h1-2,5H,3-4,6,12H2. The molecule has 0 bridgehead atoms. The molecule has 1 aliphatic carbocycles. The molecule has 4 nitrogen and oxygen atoms in total. The molecule has 2 N–H and O–H groups in total. The van der Waals surface area contributed by atoms with Crippen LogP contribution < -0.4 is 5.73 Å². The fraction of sp³-hybridized carbons (Fsp3) is 0.400. The molecule has 2 rings (SSSR count). The van der Waals surface area contributed by atoms with E-state index in [1.165, 1.54) is 0 Å². The number of rotatable bonds is 3. The van der Waals surface area contributed by atoms with Gasteiger partial charge in [-0.1, -0.05) is 22.0 Å². The Morgan fingerprint density at radius 2 is 2.20 bits per heavy atom. The quantitative estimate of drug-likeness (QED) is 0.677. The zero-order valence-corrected chi connectivity index (χ0v) is 9.66. The molecule has 0 radical (unpaired) electrons. The van der Waals surface area contributed by atoms with Gasteiger partial charge in [0.25, 0.3) is 5.69 Å². The molecule has 1 aromatic carbocycles. The number of nitro benzene ring substituents is 1. The lowest BCUT2D eigenvalue weighted by molar-refractivity contribution is -0.385. The number of hydrogen-bond donors (Lipinski definition) is 1. The zero-order valence-electron chi connectivity index (χ0n) is 8.07. The van der Waals surface area contributed by atoms with Gasteiger partial charge in [0.15, 0.2) is 0 Å². The smallest absolute Gasteiger partial charge is 0.274 e. The molecule has 0 amide bonds. The molecule has 1 aromatic rings. The molecule has 0 atom stereocenters. The van der Waals surface area contributed by atoms with Crippen LogP contribution in [0.2, 0.25) is 0 Å². The molecular formula is C10H11BrN2O2. The highest BCUT2D eigenvalue weighted by atomic mass is 79.9. The average Bonchev–Trinajstić information content (AvgIpc) is 2.98. The molecular weight excluding hydrogens is 260 g/mol. The summed E-state index contributed by atoms with van der Waals surface area (Å²) in [4.78, 5) is 10.6. The lowest BCUT2D eigenvalue weighted by atomic mass is 9.94. The Labute approximate surface area is 95.7 Å². The second-order valence-corrected chi connectivity index (χ2v) is 4.82. The fourth-order valence-corrected chi connectivity index (χ4v) is 2.19. The number of nitrogens with zero attached hydrogens (tertiary/aromatic N) is 1. The van der Waals surface area contributed by atoms with Gasteiger partial charge in [-0.3, -0.25) is 10.1 Å². The zero-order chi connectivity index (χ0) is 11.1. The Bertz CT molecular complexity index is 416. The molecule has 0 spiro atoms. The topological polar surface area (TPSA) is 69.2 Å². The first kappa shape index (κ1) is 10.6. The molecule has 0 aromatic heterocycles. The van der Waals surface area contributed by atoms with Crippen LogP contribution in [0.3, 0.4) is 0 Å². The average molecular weight is 271 g/mol. The third kappa shape index (κ3) is 1.77. The van der Waals surface area contributed by atoms with Gasteiger partial charge in [-0.2, -0.15) is 0 Å². The van der Waals surface area contributed by atoms with Crippen molar-refractivity contribution in [1.82, 2.24) is 0 Å². The van der Waals surface area contributed by atoms with Crippen molar-refractivity contribution in [2.24, 2.45) is 5.73 Å². The van der Waals surface area contributed by atoms with E-state index in [2.05, 4.69) is 15.9 Å². The first-order valence-corrected chi connectivity index (χ1v) is 5.53. The minimum absolute atomic E-state index is 0.136. The SMILES string of the molecule is NCC1(c2ccc(Br)cc2[N+](=O)[O-])CC1. The van der Waals surface area contributed by atoms with Crippen LogP contribution in [0.4, 0.5) is 5.69 Å². The highest BCUT2D eigenvalue weighted by Gasteiger charge is 2.46. The molecule has 1 saturated carbocycles. The third-order valence-electron chi connectivity index (χ3n) is 2.97. The van der Waals surface area contributed by atoms with Crippen LogP contribution in [0.25, 0.3) is 0 Å². The van der Waals surface area contributed by atoms with Crippen molar-refractivity contribution in [3.63, 3.8) is 0 Å². The summed E-state index contributed by atoms with van der Waals surface area (Å²) in [5.41, 5.74) is 6.49. The highest BCUT2D eigenvalue weighted by molar-refractivity contribution is 9.10. The van der Waals surface area contributed by atoms with Gasteiger partial charge in [0.1, 0.15) is 0 Å². The van der Waals surface area contributed by atoms with E-state index >= 15 is 0 Å². The van der Waals surface area contributed by atoms with Gasteiger partial charge in [0.2, 0.25) is 0 Å². The number of halogens is 1. The Morgan fingerprint density at radius 1 is 1.53 bits per heavy atom. The van der Waals surface area contributed by atoms with Crippen molar-refractivity contribution in [3.05, 3.63) is 38.3 Å².